The molecule has 0 bridgehead atoms. The van der Waals surface area contributed by atoms with Crippen LogP contribution in [0.3, 0.4) is 0 Å². The largest absolute Gasteiger partial charge is 0.387 e. The summed E-state index contributed by atoms with van der Waals surface area (Å²) >= 11 is 11.8. The van der Waals surface area contributed by atoms with E-state index in [2.05, 4.69) is 10.3 Å². The molecule has 1 amide bonds. The Morgan fingerprint density at radius 3 is 2.57 bits per heavy atom. The molecule has 110 valence electrons. The summed E-state index contributed by atoms with van der Waals surface area (Å²) in [5, 5.41) is 13.6. The molecule has 0 spiro atoms. The maximum Gasteiger partial charge on any atom is 0.269 e. The lowest BCUT2D eigenvalue weighted by atomic mass is 10.1. The van der Waals surface area contributed by atoms with Crippen molar-refractivity contribution in [3.05, 3.63) is 63.4 Å². The third-order valence-corrected chi connectivity index (χ3v) is 3.28. The fraction of sp³-hybridized carbons (Fsp3) is 0.200. The Labute approximate surface area is 132 Å². The van der Waals surface area contributed by atoms with Crippen LogP contribution in [0.1, 0.15) is 27.8 Å². The molecule has 1 aromatic carbocycles. The predicted molar refractivity (Wildman–Crippen MR) is 82.7 cm³/mol. The summed E-state index contributed by atoms with van der Waals surface area (Å²) in [6.45, 7) is 1.85. The van der Waals surface area contributed by atoms with Gasteiger partial charge in [0.2, 0.25) is 0 Å². The number of rotatable bonds is 4. The minimum atomic E-state index is -0.894. The molecule has 1 unspecified atom stereocenters. The van der Waals surface area contributed by atoms with E-state index in [1.807, 2.05) is 0 Å². The molecule has 2 N–H and O–H groups in total. The number of carbonyl (C=O) groups is 1. The number of aliphatic hydroxyl groups is 1. The summed E-state index contributed by atoms with van der Waals surface area (Å²) < 4.78 is 0. The first kappa shape index (κ1) is 15.8. The van der Waals surface area contributed by atoms with Gasteiger partial charge in [-0.3, -0.25) is 4.79 Å². The Morgan fingerprint density at radius 1 is 1.29 bits per heavy atom. The summed E-state index contributed by atoms with van der Waals surface area (Å²) in [6, 6.07) is 9.97. The van der Waals surface area contributed by atoms with Crippen LogP contribution in [0.5, 0.6) is 0 Å². The zero-order chi connectivity index (χ0) is 15.4. The lowest BCUT2D eigenvalue weighted by molar-refractivity contribution is 0.0911. The molecule has 2 aromatic rings. The van der Waals surface area contributed by atoms with Crippen molar-refractivity contribution in [2.45, 2.75) is 13.0 Å². The fourth-order valence-corrected chi connectivity index (χ4v) is 2.38. The molecule has 1 atom stereocenters. The number of carbonyl (C=O) groups excluding carboxylic acids is 1. The number of nitrogens with zero attached hydrogens (tertiary/aromatic N) is 1. The summed E-state index contributed by atoms with van der Waals surface area (Å²) in [5.41, 5.74) is 1.61. The molecule has 0 saturated heterocycles. The predicted octanol–water partition coefficient (Wildman–Crippen LogP) is 3.16. The van der Waals surface area contributed by atoms with Crippen molar-refractivity contribution in [3.8, 4) is 0 Å². The van der Waals surface area contributed by atoms with Crippen LogP contribution in [-0.2, 0) is 0 Å². The molecule has 6 heteroatoms. The van der Waals surface area contributed by atoms with Gasteiger partial charge in [-0.15, -0.1) is 0 Å². The Morgan fingerprint density at radius 2 is 1.95 bits per heavy atom. The van der Waals surface area contributed by atoms with Crippen molar-refractivity contribution >= 4 is 29.1 Å². The number of amides is 1. The normalized spacial score (nSPS) is 12.0. The number of pyridine rings is 1. The van der Waals surface area contributed by atoms with E-state index in [4.69, 9.17) is 23.2 Å². The topological polar surface area (TPSA) is 62.2 Å². The Bertz CT molecular complexity index is 642. The van der Waals surface area contributed by atoms with Gasteiger partial charge in [0.15, 0.2) is 0 Å². The molecule has 4 nitrogen and oxygen atoms in total. The van der Waals surface area contributed by atoms with E-state index in [1.54, 1.807) is 43.3 Å². The van der Waals surface area contributed by atoms with Gasteiger partial charge in [0.05, 0.1) is 6.10 Å². The van der Waals surface area contributed by atoms with Gasteiger partial charge in [-0.2, -0.15) is 0 Å². The van der Waals surface area contributed by atoms with Crippen LogP contribution in [0.25, 0.3) is 0 Å². The summed E-state index contributed by atoms with van der Waals surface area (Å²) in [7, 11) is 0. The average Bonchev–Trinajstić information content (AvgIpc) is 2.43. The Kier molecular flexibility index (Phi) is 5.17. The highest BCUT2D eigenvalue weighted by Gasteiger charge is 2.13. The van der Waals surface area contributed by atoms with E-state index in [0.717, 1.165) is 5.69 Å². The van der Waals surface area contributed by atoms with Crippen molar-refractivity contribution < 1.29 is 9.90 Å². The lowest BCUT2D eigenvalue weighted by Crippen LogP contribution is -2.29. The van der Waals surface area contributed by atoms with Crippen LogP contribution in [0.2, 0.25) is 10.0 Å². The Hall–Kier alpha value is -1.62. The van der Waals surface area contributed by atoms with Crippen molar-refractivity contribution in [1.29, 1.82) is 0 Å². The highest BCUT2D eigenvalue weighted by molar-refractivity contribution is 6.34. The van der Waals surface area contributed by atoms with Gasteiger partial charge < -0.3 is 10.4 Å². The SMILES string of the molecule is Cc1cccc(C(=O)NCC(O)c2cc(Cl)cc(Cl)c2)n1. The average molecular weight is 325 g/mol. The summed E-state index contributed by atoms with van der Waals surface area (Å²) in [5.74, 6) is -0.342. The number of aromatic nitrogens is 1. The van der Waals surface area contributed by atoms with Gasteiger partial charge in [0.1, 0.15) is 5.69 Å². The Balaban J connectivity index is 2.00. The number of halogens is 2. The standard InChI is InChI=1S/C15H14Cl2N2O2/c1-9-3-2-4-13(19-9)15(21)18-8-14(20)10-5-11(16)7-12(17)6-10/h2-7,14,20H,8H2,1H3,(H,18,21). The minimum Gasteiger partial charge on any atom is -0.387 e. The molecule has 0 saturated carbocycles. The first-order valence-electron chi connectivity index (χ1n) is 6.31. The second-order valence-electron chi connectivity index (χ2n) is 4.59. The quantitative estimate of drug-likeness (QED) is 0.908. The van der Waals surface area contributed by atoms with Gasteiger partial charge in [-0.05, 0) is 42.8 Å². The van der Waals surface area contributed by atoms with Crippen LogP contribution < -0.4 is 5.32 Å². The third kappa shape index (κ3) is 4.43. The van der Waals surface area contributed by atoms with Crippen molar-refractivity contribution in [1.82, 2.24) is 10.3 Å². The van der Waals surface area contributed by atoms with Crippen molar-refractivity contribution in [2.75, 3.05) is 6.54 Å². The van der Waals surface area contributed by atoms with Gasteiger partial charge >= 0.3 is 0 Å². The first-order valence-corrected chi connectivity index (χ1v) is 7.07. The minimum absolute atomic E-state index is 0.0468. The number of benzene rings is 1. The van der Waals surface area contributed by atoms with Gasteiger partial charge in [0, 0.05) is 22.3 Å². The van der Waals surface area contributed by atoms with Gasteiger partial charge in [0.25, 0.3) is 5.91 Å². The highest BCUT2D eigenvalue weighted by atomic mass is 35.5. The molecule has 0 radical (unpaired) electrons. The molecule has 0 aliphatic heterocycles. The fourth-order valence-electron chi connectivity index (χ4n) is 1.83. The smallest absolute Gasteiger partial charge is 0.269 e. The van der Waals surface area contributed by atoms with Crippen LogP contribution in [0, 0.1) is 6.92 Å². The van der Waals surface area contributed by atoms with E-state index in [0.29, 0.717) is 21.3 Å². The first-order chi connectivity index (χ1) is 9.95. The maximum atomic E-state index is 11.9. The summed E-state index contributed by atoms with van der Waals surface area (Å²) in [4.78, 5) is 16.0. The molecular formula is C15H14Cl2N2O2. The zero-order valence-electron chi connectivity index (χ0n) is 11.3. The van der Waals surface area contributed by atoms with E-state index in [9.17, 15) is 9.90 Å². The van der Waals surface area contributed by atoms with Crippen LogP contribution in [0.4, 0.5) is 0 Å². The molecule has 21 heavy (non-hydrogen) atoms. The van der Waals surface area contributed by atoms with E-state index >= 15 is 0 Å². The molecule has 0 aliphatic carbocycles. The van der Waals surface area contributed by atoms with Crippen molar-refractivity contribution in [2.24, 2.45) is 0 Å². The van der Waals surface area contributed by atoms with Crippen LogP contribution in [0.15, 0.2) is 36.4 Å². The van der Waals surface area contributed by atoms with Crippen LogP contribution >= 0.6 is 23.2 Å². The maximum absolute atomic E-state index is 11.9. The van der Waals surface area contributed by atoms with E-state index in [-0.39, 0.29) is 12.5 Å². The number of nitrogens with one attached hydrogen (secondary N) is 1. The number of aryl methyl sites for hydroxylation is 1. The molecule has 0 fully saturated rings. The van der Waals surface area contributed by atoms with Crippen molar-refractivity contribution in [3.63, 3.8) is 0 Å². The van der Waals surface area contributed by atoms with Crippen LogP contribution in [-0.4, -0.2) is 22.5 Å². The monoisotopic (exact) mass is 324 g/mol. The second kappa shape index (κ2) is 6.89. The highest BCUT2D eigenvalue weighted by Crippen LogP contribution is 2.23. The van der Waals surface area contributed by atoms with E-state index in [1.165, 1.54) is 0 Å². The van der Waals surface area contributed by atoms with E-state index < -0.39 is 6.10 Å². The molecular weight excluding hydrogens is 311 g/mol. The second-order valence-corrected chi connectivity index (χ2v) is 5.47. The molecule has 1 aromatic heterocycles. The summed E-state index contributed by atoms with van der Waals surface area (Å²) in [6.07, 6.45) is -0.894. The van der Waals surface area contributed by atoms with Gasteiger partial charge in [-0.1, -0.05) is 29.3 Å². The number of aliphatic hydroxyl groups excluding tert-OH is 1. The number of hydrogen-bond donors (Lipinski definition) is 2. The molecule has 0 aliphatic rings. The number of hydrogen-bond acceptors (Lipinski definition) is 3. The third-order valence-electron chi connectivity index (χ3n) is 2.85. The lowest BCUT2D eigenvalue weighted by Gasteiger charge is -2.13. The molecule has 2 rings (SSSR count). The molecule has 1 heterocycles. The zero-order valence-corrected chi connectivity index (χ0v) is 12.8. The van der Waals surface area contributed by atoms with Gasteiger partial charge in [-0.25, -0.2) is 4.98 Å².